The first-order chi connectivity index (χ1) is 13.7. The molecule has 141 valence electrons. The van der Waals surface area contributed by atoms with Crippen LogP contribution in [0.1, 0.15) is 38.8 Å². The summed E-state index contributed by atoms with van der Waals surface area (Å²) >= 11 is 0. The Morgan fingerprint density at radius 1 is 0.750 bits per heavy atom. The van der Waals surface area contributed by atoms with Gasteiger partial charge in [-0.2, -0.15) is 0 Å². The molecule has 3 aromatic carbocycles. The highest BCUT2D eigenvalue weighted by Crippen LogP contribution is 2.32. The van der Waals surface area contributed by atoms with E-state index in [4.69, 9.17) is 6.42 Å². The summed E-state index contributed by atoms with van der Waals surface area (Å²) in [6.45, 7) is 9.49. The van der Waals surface area contributed by atoms with Gasteiger partial charge < -0.3 is 0 Å². The van der Waals surface area contributed by atoms with Crippen molar-refractivity contribution in [2.45, 2.75) is 51.9 Å². The van der Waals surface area contributed by atoms with Gasteiger partial charge in [-0.25, -0.2) is 0 Å². The molecule has 0 aliphatic carbocycles. The van der Waals surface area contributed by atoms with Crippen LogP contribution in [0, 0.1) is 23.8 Å². The number of terminal acetylenes is 1. The van der Waals surface area contributed by atoms with Crippen molar-refractivity contribution in [1.29, 1.82) is 0 Å². The van der Waals surface area contributed by atoms with E-state index < -0.39 is 7.59 Å². The molecule has 0 fully saturated rings. The van der Waals surface area contributed by atoms with Gasteiger partial charge in [0.25, 0.3) is 0 Å². The van der Waals surface area contributed by atoms with E-state index >= 15 is 0 Å². The summed E-state index contributed by atoms with van der Waals surface area (Å²) in [6, 6.07) is 22.2. The number of hydrogen-bond donors (Lipinski definition) is 0. The zero-order chi connectivity index (χ0) is 20.1. The van der Waals surface area contributed by atoms with Gasteiger partial charge in [-0.3, -0.25) is 0 Å². The van der Waals surface area contributed by atoms with Crippen LogP contribution in [0.3, 0.4) is 0 Å². The molecule has 0 spiro atoms. The zero-order valence-corrected chi connectivity index (χ0v) is 19.5. The molecule has 0 nitrogen and oxygen atoms in total. The third-order valence-electron chi connectivity index (χ3n) is 6.24. The third-order valence-corrected chi connectivity index (χ3v) is 21.0. The second kappa shape index (κ2) is 8.82. The van der Waals surface area contributed by atoms with E-state index in [0.29, 0.717) is 0 Å². The smallest absolute Gasteiger partial charge is 0.127 e. The highest BCUT2D eigenvalue weighted by atomic mass is 29.2. The average Bonchev–Trinajstić information content (AvgIpc) is 2.76. The van der Waals surface area contributed by atoms with Crippen molar-refractivity contribution in [3.63, 3.8) is 0 Å². The van der Waals surface area contributed by atoms with E-state index in [0.717, 1.165) is 21.9 Å². The van der Waals surface area contributed by atoms with E-state index in [1.807, 2.05) is 0 Å². The zero-order valence-electron chi connectivity index (χ0n) is 17.5. The molecule has 0 aromatic heterocycles. The molecule has 3 aromatic rings. The van der Waals surface area contributed by atoms with E-state index in [-0.39, 0.29) is 8.31 Å². The van der Waals surface area contributed by atoms with Gasteiger partial charge in [-0.1, -0.05) is 112 Å². The molecule has 0 amide bonds. The fraction of sp³-hybridized carbons (Fsp3) is 0.308. The van der Waals surface area contributed by atoms with Crippen LogP contribution in [0.15, 0.2) is 48.5 Å². The molecule has 1 radical (unpaired) electrons. The van der Waals surface area contributed by atoms with Crippen LogP contribution in [0.4, 0.5) is 0 Å². The lowest BCUT2D eigenvalue weighted by molar-refractivity contribution is 1.27. The lowest BCUT2D eigenvalue weighted by Gasteiger charge is -2.30. The summed E-state index contributed by atoms with van der Waals surface area (Å²) in [4.78, 5) is 0. The molecule has 0 saturated carbocycles. The Balaban J connectivity index is 2.36. The van der Waals surface area contributed by atoms with Gasteiger partial charge in [0.1, 0.15) is 7.59 Å². The molecule has 0 aliphatic heterocycles. The lowest BCUT2D eigenvalue weighted by atomic mass is 9.92. The lowest BCUT2D eigenvalue weighted by Crippen LogP contribution is -2.48. The summed E-state index contributed by atoms with van der Waals surface area (Å²) < 4.78 is 0. The van der Waals surface area contributed by atoms with Gasteiger partial charge in [0.05, 0.1) is 8.31 Å². The number of hydrogen-bond acceptors (Lipinski definition) is 0. The molecule has 0 saturated heterocycles. The van der Waals surface area contributed by atoms with Gasteiger partial charge in [-0.05, 0) is 21.5 Å². The number of rotatable bonds is 5. The Labute approximate surface area is 172 Å². The minimum Gasteiger partial charge on any atom is -0.129 e. The van der Waals surface area contributed by atoms with Gasteiger partial charge in [0, 0.05) is 11.1 Å². The molecule has 3 rings (SSSR count). The van der Waals surface area contributed by atoms with E-state index in [1.165, 1.54) is 34.9 Å². The molecule has 0 N–H and O–H groups in total. The third kappa shape index (κ3) is 3.44. The SMILES string of the molecule is C#Cc1c2ccccc2c(C#C[Si](CC)(CC)[Si](CC)CC)c2ccccc12. The number of fused-ring (bicyclic) bond motifs is 2. The molecule has 0 atom stereocenters. The maximum atomic E-state index is 5.92. The first-order valence-corrected chi connectivity index (χ1v) is 15.8. The highest BCUT2D eigenvalue weighted by Gasteiger charge is 2.36. The minimum absolute atomic E-state index is 0.377. The standard InChI is InChI=1S/C26H29Si2/c1-6-21-22-15-11-13-17-24(22)26(25-18-14-12-16-23(21)25)19-20-28(9-4,10-5)27(7-2)8-3/h1,11-18H,7-10H2,2-5H3. The predicted octanol–water partition coefficient (Wildman–Crippen LogP) is 6.97. The minimum atomic E-state index is -1.55. The van der Waals surface area contributed by atoms with Crippen LogP contribution >= 0.6 is 0 Å². The van der Waals surface area contributed by atoms with Crippen molar-refractivity contribution in [2.75, 3.05) is 0 Å². The normalized spacial score (nSPS) is 11.4. The Hall–Kier alpha value is -2.27. The first-order valence-electron chi connectivity index (χ1n) is 10.4. The largest absolute Gasteiger partial charge is 0.129 e. The highest BCUT2D eigenvalue weighted by molar-refractivity contribution is 7.36. The monoisotopic (exact) mass is 397 g/mol. The van der Waals surface area contributed by atoms with Gasteiger partial charge in [0.2, 0.25) is 0 Å². The first kappa shape index (κ1) is 20.5. The van der Waals surface area contributed by atoms with Crippen molar-refractivity contribution in [3.05, 3.63) is 59.7 Å². The van der Waals surface area contributed by atoms with Crippen LogP contribution in [0.5, 0.6) is 0 Å². The van der Waals surface area contributed by atoms with Crippen molar-refractivity contribution in [2.24, 2.45) is 0 Å². The fourth-order valence-electron chi connectivity index (χ4n) is 4.54. The van der Waals surface area contributed by atoms with Crippen molar-refractivity contribution >= 4 is 37.5 Å². The van der Waals surface area contributed by atoms with Gasteiger partial charge >= 0.3 is 0 Å². The second-order valence-electron chi connectivity index (χ2n) is 7.34. The Bertz CT molecular complexity index is 1030. The Morgan fingerprint density at radius 3 is 1.54 bits per heavy atom. The quantitative estimate of drug-likeness (QED) is 0.248. The van der Waals surface area contributed by atoms with Crippen LogP contribution < -0.4 is 0 Å². The summed E-state index contributed by atoms with van der Waals surface area (Å²) in [6.07, 6.45) is 5.92. The summed E-state index contributed by atoms with van der Waals surface area (Å²) in [5, 5.41) is 4.67. The van der Waals surface area contributed by atoms with Gasteiger partial charge in [-0.15, -0.1) is 12.0 Å². The predicted molar refractivity (Wildman–Crippen MR) is 130 cm³/mol. The van der Waals surface area contributed by atoms with Crippen molar-refractivity contribution in [1.82, 2.24) is 0 Å². The van der Waals surface area contributed by atoms with Crippen molar-refractivity contribution < 1.29 is 0 Å². The summed E-state index contributed by atoms with van der Waals surface area (Å²) in [7, 11) is -1.93. The van der Waals surface area contributed by atoms with Crippen LogP contribution in [-0.2, 0) is 0 Å². The Morgan fingerprint density at radius 2 is 1.18 bits per heavy atom. The molecule has 28 heavy (non-hydrogen) atoms. The Kier molecular flexibility index (Phi) is 6.45. The van der Waals surface area contributed by atoms with Crippen LogP contribution in [0.2, 0.25) is 24.2 Å². The van der Waals surface area contributed by atoms with Crippen LogP contribution in [-0.4, -0.2) is 15.9 Å². The molecule has 2 heteroatoms. The summed E-state index contributed by atoms with van der Waals surface area (Å²) in [5.41, 5.74) is 6.10. The maximum absolute atomic E-state index is 5.92. The molecular formula is C26H29Si2. The molecular weight excluding hydrogens is 368 g/mol. The topological polar surface area (TPSA) is 0 Å². The van der Waals surface area contributed by atoms with E-state index in [1.54, 1.807) is 0 Å². The molecule has 0 bridgehead atoms. The van der Waals surface area contributed by atoms with Crippen molar-refractivity contribution in [3.8, 4) is 23.8 Å². The summed E-state index contributed by atoms with van der Waals surface area (Å²) in [5.74, 6) is 6.68. The fourth-order valence-corrected chi connectivity index (χ4v) is 16.6. The number of benzene rings is 3. The van der Waals surface area contributed by atoms with Gasteiger partial charge in [0.15, 0.2) is 0 Å². The van der Waals surface area contributed by atoms with Crippen LogP contribution in [0.25, 0.3) is 21.5 Å². The van der Waals surface area contributed by atoms with E-state index in [9.17, 15) is 0 Å². The maximum Gasteiger partial charge on any atom is 0.127 e. The molecule has 0 heterocycles. The molecule has 0 aliphatic rings. The van der Waals surface area contributed by atoms with E-state index in [2.05, 4.69) is 93.6 Å². The molecule has 0 unspecified atom stereocenters. The average molecular weight is 398 g/mol. The second-order valence-corrected chi connectivity index (χ2v) is 18.8.